The van der Waals surface area contributed by atoms with Crippen LogP contribution in [0.15, 0.2) is 30.6 Å². The molecule has 0 unspecified atom stereocenters. The van der Waals surface area contributed by atoms with Gasteiger partial charge in [-0.25, -0.2) is 4.98 Å². The number of aromatic nitrogens is 4. The number of nitrogens with one attached hydrogen (secondary N) is 1. The highest BCUT2D eigenvalue weighted by atomic mass is 16.6. The first kappa shape index (κ1) is 19.3. The summed E-state index contributed by atoms with van der Waals surface area (Å²) < 4.78 is 12.2. The topological polar surface area (TPSA) is 161 Å². The van der Waals surface area contributed by atoms with Gasteiger partial charge in [0, 0.05) is 6.54 Å². The molecule has 0 saturated carbocycles. The molecule has 0 aliphatic carbocycles. The lowest BCUT2D eigenvalue weighted by Crippen LogP contribution is -2.33. The Morgan fingerprint density at radius 3 is 2.62 bits per heavy atom. The number of imidazole rings is 1. The fourth-order valence-corrected chi connectivity index (χ4v) is 3.24. The van der Waals surface area contributed by atoms with E-state index < -0.39 is 31.1 Å². The Labute approximate surface area is 165 Å². The molecule has 0 radical (unpaired) electrons. The number of aliphatic hydroxyl groups excluding tert-OH is 3. The molecular weight excluding hydrogens is 380 g/mol. The second-order valence-electron chi connectivity index (χ2n) is 6.69. The minimum Gasteiger partial charge on any atom is -0.497 e. The van der Waals surface area contributed by atoms with Crippen LogP contribution in [-0.2, 0) is 11.3 Å². The monoisotopic (exact) mass is 402 g/mol. The predicted octanol–water partition coefficient (Wildman–Crippen LogP) is -0.359. The largest absolute Gasteiger partial charge is 0.497 e. The summed E-state index contributed by atoms with van der Waals surface area (Å²) in [7, 11) is 1.61. The molecule has 29 heavy (non-hydrogen) atoms. The van der Waals surface area contributed by atoms with Crippen molar-refractivity contribution in [2.75, 3.05) is 24.8 Å². The number of hydrogen-bond acceptors (Lipinski definition) is 10. The number of nitrogens with two attached hydrogens (primary N) is 1. The summed E-state index contributed by atoms with van der Waals surface area (Å²) in [6, 6.07) is 7.53. The lowest BCUT2D eigenvalue weighted by Gasteiger charge is -2.17. The number of anilines is 2. The van der Waals surface area contributed by atoms with Crippen LogP contribution in [-0.4, -0.2) is 66.9 Å². The molecule has 11 heteroatoms. The van der Waals surface area contributed by atoms with Crippen molar-refractivity contribution in [3.63, 3.8) is 0 Å². The van der Waals surface area contributed by atoms with Crippen molar-refractivity contribution in [2.45, 2.75) is 31.1 Å². The van der Waals surface area contributed by atoms with E-state index >= 15 is 0 Å². The van der Waals surface area contributed by atoms with Crippen LogP contribution in [0.1, 0.15) is 11.8 Å². The second-order valence-corrected chi connectivity index (χ2v) is 6.69. The summed E-state index contributed by atoms with van der Waals surface area (Å²) >= 11 is 0. The third kappa shape index (κ3) is 3.56. The van der Waals surface area contributed by atoms with Gasteiger partial charge in [-0.15, -0.1) is 0 Å². The molecule has 4 atom stereocenters. The summed E-state index contributed by atoms with van der Waals surface area (Å²) in [5.41, 5.74) is 7.69. The predicted molar refractivity (Wildman–Crippen MR) is 103 cm³/mol. The van der Waals surface area contributed by atoms with Gasteiger partial charge in [-0.05, 0) is 17.7 Å². The standard InChI is InChI=1S/C18H22N6O5/c1-28-10-4-2-9(3-5-10)6-20-18-22-15(19)12-16(23-18)24(8-21-12)17-14(27)13(26)11(7-25)29-17/h2-5,8,11,13-14,17,25-27H,6-7H2,1H3,(H3,19,20,22,23)/t11-,13-,14-,17-/m1/s1. The van der Waals surface area contributed by atoms with Gasteiger partial charge in [0.15, 0.2) is 17.7 Å². The van der Waals surface area contributed by atoms with E-state index in [2.05, 4.69) is 20.3 Å². The Morgan fingerprint density at radius 2 is 1.97 bits per heavy atom. The molecule has 11 nitrogen and oxygen atoms in total. The smallest absolute Gasteiger partial charge is 0.227 e. The van der Waals surface area contributed by atoms with Crippen molar-refractivity contribution >= 4 is 22.9 Å². The Morgan fingerprint density at radius 1 is 1.21 bits per heavy atom. The number of hydrogen-bond donors (Lipinski definition) is 5. The van der Waals surface area contributed by atoms with Gasteiger partial charge in [0.1, 0.15) is 29.6 Å². The number of rotatable bonds is 6. The molecule has 0 amide bonds. The quantitative estimate of drug-likeness (QED) is 0.368. The van der Waals surface area contributed by atoms with E-state index in [1.54, 1.807) is 7.11 Å². The lowest BCUT2D eigenvalue weighted by molar-refractivity contribution is -0.0511. The van der Waals surface area contributed by atoms with Crippen molar-refractivity contribution in [3.8, 4) is 5.75 Å². The molecule has 1 aromatic carbocycles. The van der Waals surface area contributed by atoms with Crippen LogP contribution in [0, 0.1) is 0 Å². The number of nitrogens with zero attached hydrogens (tertiary/aromatic N) is 4. The number of methoxy groups -OCH3 is 1. The highest BCUT2D eigenvalue weighted by Crippen LogP contribution is 2.32. The molecule has 6 N–H and O–H groups in total. The molecule has 1 aliphatic rings. The molecule has 2 aromatic heterocycles. The second kappa shape index (κ2) is 7.79. The van der Waals surface area contributed by atoms with Crippen LogP contribution in [0.2, 0.25) is 0 Å². The van der Waals surface area contributed by atoms with Crippen molar-refractivity contribution in [1.29, 1.82) is 0 Å². The van der Waals surface area contributed by atoms with Gasteiger partial charge in [-0.1, -0.05) is 12.1 Å². The third-order valence-corrected chi connectivity index (χ3v) is 4.85. The van der Waals surface area contributed by atoms with Gasteiger partial charge in [0.05, 0.1) is 20.0 Å². The maximum absolute atomic E-state index is 10.3. The van der Waals surface area contributed by atoms with Crippen LogP contribution in [0.5, 0.6) is 5.75 Å². The Bertz CT molecular complexity index is 994. The van der Waals surface area contributed by atoms with Crippen molar-refractivity contribution in [1.82, 2.24) is 19.5 Å². The first-order chi connectivity index (χ1) is 14.0. The van der Waals surface area contributed by atoms with Gasteiger partial charge in [-0.2, -0.15) is 9.97 Å². The fourth-order valence-electron chi connectivity index (χ4n) is 3.24. The molecule has 1 saturated heterocycles. The molecule has 3 aromatic rings. The van der Waals surface area contributed by atoms with E-state index in [4.69, 9.17) is 15.2 Å². The zero-order chi connectivity index (χ0) is 20.5. The Balaban J connectivity index is 1.59. The average molecular weight is 402 g/mol. The van der Waals surface area contributed by atoms with Crippen molar-refractivity contribution < 1.29 is 24.8 Å². The van der Waals surface area contributed by atoms with Crippen LogP contribution >= 0.6 is 0 Å². The van der Waals surface area contributed by atoms with Gasteiger partial charge in [0.25, 0.3) is 0 Å². The van der Waals surface area contributed by atoms with Crippen molar-refractivity contribution in [3.05, 3.63) is 36.2 Å². The Hall–Kier alpha value is -2.99. The van der Waals surface area contributed by atoms with E-state index in [0.717, 1.165) is 11.3 Å². The van der Waals surface area contributed by atoms with E-state index in [1.807, 2.05) is 24.3 Å². The summed E-state index contributed by atoms with van der Waals surface area (Å²) in [4.78, 5) is 12.8. The van der Waals surface area contributed by atoms with Gasteiger partial charge in [0.2, 0.25) is 5.95 Å². The molecular formula is C18H22N6O5. The lowest BCUT2D eigenvalue weighted by atomic mass is 10.1. The van der Waals surface area contributed by atoms with E-state index in [-0.39, 0.29) is 11.8 Å². The van der Waals surface area contributed by atoms with Crippen LogP contribution in [0.25, 0.3) is 11.2 Å². The number of benzene rings is 1. The minimum absolute atomic E-state index is 0.165. The molecule has 3 heterocycles. The first-order valence-electron chi connectivity index (χ1n) is 9.01. The summed E-state index contributed by atoms with van der Waals surface area (Å²) in [6.07, 6.45) is -2.94. The summed E-state index contributed by atoms with van der Waals surface area (Å²) in [5.74, 6) is 1.20. The van der Waals surface area contributed by atoms with Crippen LogP contribution in [0.3, 0.4) is 0 Å². The molecule has 4 rings (SSSR count). The molecule has 154 valence electrons. The number of ether oxygens (including phenoxy) is 2. The van der Waals surface area contributed by atoms with Gasteiger partial charge < -0.3 is 35.8 Å². The number of nitrogen functional groups attached to an aromatic ring is 1. The normalized spacial score (nSPS) is 24.1. The maximum Gasteiger partial charge on any atom is 0.227 e. The minimum atomic E-state index is -1.25. The number of aliphatic hydroxyl groups is 3. The molecule has 0 bridgehead atoms. The average Bonchev–Trinajstić information content (AvgIpc) is 3.28. The zero-order valence-corrected chi connectivity index (χ0v) is 15.6. The Kier molecular flexibility index (Phi) is 5.20. The summed E-state index contributed by atoms with van der Waals surface area (Å²) in [5, 5.41) is 32.7. The highest BCUT2D eigenvalue weighted by molar-refractivity contribution is 5.83. The highest BCUT2D eigenvalue weighted by Gasteiger charge is 2.44. The maximum atomic E-state index is 10.3. The van der Waals surface area contributed by atoms with Crippen LogP contribution in [0.4, 0.5) is 11.8 Å². The fraction of sp³-hybridized carbons (Fsp3) is 0.389. The summed E-state index contributed by atoms with van der Waals surface area (Å²) in [6.45, 7) is 0.0318. The van der Waals surface area contributed by atoms with Crippen LogP contribution < -0.4 is 15.8 Å². The first-order valence-corrected chi connectivity index (χ1v) is 9.01. The molecule has 0 spiro atoms. The van der Waals surface area contributed by atoms with E-state index in [1.165, 1.54) is 10.9 Å². The third-order valence-electron chi connectivity index (χ3n) is 4.85. The van der Waals surface area contributed by atoms with E-state index in [0.29, 0.717) is 17.7 Å². The number of fused-ring (bicyclic) bond motifs is 1. The van der Waals surface area contributed by atoms with Gasteiger partial charge >= 0.3 is 0 Å². The van der Waals surface area contributed by atoms with E-state index in [9.17, 15) is 15.3 Å². The van der Waals surface area contributed by atoms with Crippen molar-refractivity contribution in [2.24, 2.45) is 0 Å². The molecule has 1 fully saturated rings. The SMILES string of the molecule is COc1ccc(CNc2nc(N)c3ncn([C@@H]4O[C@H](CO)[C@@H](O)[C@H]4O)c3n2)cc1. The zero-order valence-electron chi connectivity index (χ0n) is 15.6. The van der Waals surface area contributed by atoms with Gasteiger partial charge in [-0.3, -0.25) is 4.57 Å². The molecule has 1 aliphatic heterocycles.